The summed E-state index contributed by atoms with van der Waals surface area (Å²) < 4.78 is 0. The second-order valence-corrected chi connectivity index (χ2v) is 7.67. The number of nitrogens with two attached hydrogens (primary N) is 1. The normalized spacial score (nSPS) is 14.7. The largest absolute Gasteiger partial charge is 0.339 e. The molecule has 0 aliphatic carbocycles. The molecule has 1 fully saturated rings. The maximum Gasteiger partial charge on any atom is 0.267 e. The summed E-state index contributed by atoms with van der Waals surface area (Å²) in [5.41, 5.74) is 10.2. The second-order valence-electron chi connectivity index (χ2n) is 7.67. The van der Waals surface area contributed by atoms with E-state index in [2.05, 4.69) is 39.9 Å². The van der Waals surface area contributed by atoms with Crippen molar-refractivity contribution in [3.63, 3.8) is 0 Å². The number of rotatable bonds is 7. The summed E-state index contributed by atoms with van der Waals surface area (Å²) in [5, 5.41) is 18.1. The molecule has 0 radical (unpaired) electrons. The highest BCUT2D eigenvalue weighted by Crippen LogP contribution is 2.08. The van der Waals surface area contributed by atoms with Gasteiger partial charge in [0, 0.05) is 35.8 Å². The zero-order valence-corrected chi connectivity index (χ0v) is 17.9. The number of amides is 2. The first-order chi connectivity index (χ1) is 15.6. The number of nitrogens with one attached hydrogen (secondary N) is 4. The Morgan fingerprint density at radius 2 is 1.62 bits per heavy atom. The highest BCUT2D eigenvalue weighted by atomic mass is 16.5. The molecule has 8 heteroatoms. The van der Waals surface area contributed by atoms with Gasteiger partial charge in [0.1, 0.15) is 6.04 Å². The van der Waals surface area contributed by atoms with Gasteiger partial charge < -0.3 is 21.7 Å². The van der Waals surface area contributed by atoms with E-state index in [-0.39, 0.29) is 6.54 Å². The van der Waals surface area contributed by atoms with Crippen LogP contribution in [0.15, 0.2) is 48.5 Å². The molecular weight excluding hydrogens is 406 g/mol. The highest BCUT2D eigenvalue weighted by molar-refractivity contribution is 5.97. The van der Waals surface area contributed by atoms with Crippen LogP contribution in [-0.4, -0.2) is 48.7 Å². The van der Waals surface area contributed by atoms with Gasteiger partial charge >= 0.3 is 0 Å². The predicted octanol–water partition coefficient (Wildman–Crippen LogP) is 0.491. The summed E-state index contributed by atoms with van der Waals surface area (Å²) in [6, 6.07) is 14.5. The number of carbonyl (C=O) groups excluding carboxylic acids is 2. The number of benzene rings is 2. The zero-order chi connectivity index (χ0) is 22.8. The molecule has 0 unspecified atom stereocenters. The second kappa shape index (κ2) is 12.0. The molecule has 1 aliphatic heterocycles. The number of carbonyl (C=O) groups is 2. The highest BCUT2D eigenvalue weighted by Gasteiger charge is 2.19. The van der Waals surface area contributed by atoms with Crippen LogP contribution in [0.4, 0.5) is 0 Å². The van der Waals surface area contributed by atoms with Gasteiger partial charge in [0.25, 0.3) is 11.8 Å². The van der Waals surface area contributed by atoms with Crippen molar-refractivity contribution in [3.05, 3.63) is 70.8 Å². The van der Waals surface area contributed by atoms with E-state index < -0.39 is 17.9 Å². The van der Waals surface area contributed by atoms with Gasteiger partial charge in [0.05, 0.1) is 0 Å². The maximum absolute atomic E-state index is 12.2. The average Bonchev–Trinajstić information content (AvgIpc) is 2.85. The molecule has 0 saturated carbocycles. The summed E-state index contributed by atoms with van der Waals surface area (Å²) in [7, 11) is 0. The molecule has 7 N–H and O–H groups in total. The molecule has 3 rings (SSSR count). The Balaban J connectivity index is 1.53. The average molecular weight is 436 g/mol. The molecule has 168 valence electrons. The summed E-state index contributed by atoms with van der Waals surface area (Å²) >= 11 is 0. The lowest BCUT2D eigenvalue weighted by molar-refractivity contribution is -0.130. The fourth-order valence-electron chi connectivity index (χ4n) is 3.39. The lowest BCUT2D eigenvalue weighted by Gasteiger charge is -2.23. The molecule has 1 atom stereocenters. The Hall–Kier alpha value is -3.22. The molecule has 1 saturated heterocycles. The van der Waals surface area contributed by atoms with E-state index in [0.717, 1.165) is 43.6 Å². The number of hydrogen-bond donors (Lipinski definition) is 6. The summed E-state index contributed by atoms with van der Waals surface area (Å²) in [5.74, 6) is 4.99. The van der Waals surface area contributed by atoms with E-state index in [1.165, 1.54) is 11.0 Å². The number of hydrogen-bond acceptors (Lipinski definition) is 6. The molecule has 1 aliphatic rings. The number of piperidine rings is 1. The minimum absolute atomic E-state index is 0.130. The first-order valence-electron chi connectivity index (χ1n) is 10.7. The van der Waals surface area contributed by atoms with E-state index >= 15 is 0 Å². The minimum atomic E-state index is -1.01. The van der Waals surface area contributed by atoms with Crippen LogP contribution in [0, 0.1) is 11.8 Å². The van der Waals surface area contributed by atoms with Gasteiger partial charge in [0.15, 0.2) is 0 Å². The van der Waals surface area contributed by atoms with Crippen molar-refractivity contribution in [1.29, 1.82) is 0 Å². The van der Waals surface area contributed by atoms with Gasteiger partial charge in [0.2, 0.25) is 0 Å². The van der Waals surface area contributed by atoms with Crippen LogP contribution in [0.2, 0.25) is 0 Å². The fourth-order valence-corrected chi connectivity index (χ4v) is 3.39. The predicted molar refractivity (Wildman–Crippen MR) is 122 cm³/mol. The van der Waals surface area contributed by atoms with E-state index in [0.29, 0.717) is 11.6 Å². The van der Waals surface area contributed by atoms with Gasteiger partial charge in [-0.05, 0) is 67.9 Å². The molecule has 2 aromatic rings. The first kappa shape index (κ1) is 23.4. The Kier molecular flexibility index (Phi) is 8.78. The molecule has 0 aromatic heterocycles. The van der Waals surface area contributed by atoms with Crippen molar-refractivity contribution in [2.24, 2.45) is 5.73 Å². The van der Waals surface area contributed by atoms with Gasteiger partial charge in [-0.25, -0.2) is 5.48 Å². The Bertz CT molecular complexity index is 958. The third kappa shape index (κ3) is 6.90. The van der Waals surface area contributed by atoms with Gasteiger partial charge in [-0.3, -0.25) is 14.8 Å². The standard InChI is InChI=1S/C24H29N5O3/c25-15-22(24(31)29-32)28-23(30)20-9-7-18(8-10-20)2-1-17-3-5-19(6-4-17)16-27-21-11-13-26-14-12-21/h3-10,21-22,26-27,32H,11-16,25H2,(H,28,30)(H,29,31)/t22-/m0/s1. The molecule has 0 spiro atoms. The third-order valence-corrected chi connectivity index (χ3v) is 5.35. The molecule has 8 nitrogen and oxygen atoms in total. The first-order valence-corrected chi connectivity index (χ1v) is 10.7. The van der Waals surface area contributed by atoms with Crippen LogP contribution in [0.1, 0.15) is 39.9 Å². The summed E-state index contributed by atoms with van der Waals surface area (Å²) in [6.07, 6.45) is 2.32. The van der Waals surface area contributed by atoms with Crippen molar-refractivity contribution in [3.8, 4) is 11.8 Å². The monoisotopic (exact) mass is 435 g/mol. The third-order valence-electron chi connectivity index (χ3n) is 5.35. The van der Waals surface area contributed by atoms with E-state index in [1.54, 1.807) is 24.3 Å². The quantitative estimate of drug-likeness (QED) is 0.213. The van der Waals surface area contributed by atoms with Crippen molar-refractivity contribution in [1.82, 2.24) is 21.4 Å². The van der Waals surface area contributed by atoms with Crippen molar-refractivity contribution in [2.75, 3.05) is 19.6 Å². The van der Waals surface area contributed by atoms with Crippen molar-refractivity contribution >= 4 is 11.8 Å². The van der Waals surface area contributed by atoms with Crippen LogP contribution >= 0.6 is 0 Å². The van der Waals surface area contributed by atoms with Crippen LogP contribution in [0.25, 0.3) is 0 Å². The maximum atomic E-state index is 12.2. The lowest BCUT2D eigenvalue weighted by atomic mass is 10.1. The van der Waals surface area contributed by atoms with Crippen LogP contribution < -0.4 is 27.2 Å². The van der Waals surface area contributed by atoms with Gasteiger partial charge in [-0.1, -0.05) is 24.0 Å². The fraction of sp³-hybridized carbons (Fsp3) is 0.333. The Morgan fingerprint density at radius 3 is 2.19 bits per heavy atom. The van der Waals surface area contributed by atoms with Gasteiger partial charge in [-0.2, -0.15) is 0 Å². The van der Waals surface area contributed by atoms with Crippen molar-refractivity contribution in [2.45, 2.75) is 31.5 Å². The van der Waals surface area contributed by atoms with Crippen LogP contribution in [0.3, 0.4) is 0 Å². The molecular formula is C24H29N5O3. The molecule has 2 amide bonds. The van der Waals surface area contributed by atoms with Gasteiger partial charge in [-0.15, -0.1) is 0 Å². The topological polar surface area (TPSA) is 129 Å². The van der Waals surface area contributed by atoms with E-state index in [9.17, 15) is 9.59 Å². The summed E-state index contributed by atoms with van der Waals surface area (Å²) in [6.45, 7) is 2.88. The SMILES string of the molecule is NC[C@H](NC(=O)c1ccc(C#Cc2ccc(CNC3CCNCC3)cc2)cc1)C(=O)NO. The minimum Gasteiger partial charge on any atom is -0.339 e. The van der Waals surface area contributed by atoms with Crippen LogP contribution in [0.5, 0.6) is 0 Å². The lowest BCUT2D eigenvalue weighted by Crippen LogP contribution is -2.50. The molecule has 2 aromatic carbocycles. The smallest absolute Gasteiger partial charge is 0.267 e. The van der Waals surface area contributed by atoms with E-state index in [4.69, 9.17) is 10.9 Å². The Morgan fingerprint density at radius 1 is 1.03 bits per heavy atom. The molecule has 32 heavy (non-hydrogen) atoms. The zero-order valence-electron chi connectivity index (χ0n) is 17.9. The van der Waals surface area contributed by atoms with Crippen LogP contribution in [-0.2, 0) is 11.3 Å². The molecule has 1 heterocycles. The van der Waals surface area contributed by atoms with E-state index in [1.807, 2.05) is 12.1 Å². The summed E-state index contributed by atoms with van der Waals surface area (Å²) in [4.78, 5) is 23.7. The Labute approximate surface area is 187 Å². The number of hydroxylamine groups is 1. The molecule has 0 bridgehead atoms. The van der Waals surface area contributed by atoms with Crippen molar-refractivity contribution < 1.29 is 14.8 Å².